The summed E-state index contributed by atoms with van der Waals surface area (Å²) in [7, 11) is 4.24. The fourth-order valence-electron chi connectivity index (χ4n) is 1.53. The number of amides is 3. The minimum atomic E-state index is -1.14. The number of carbonyl (C=O) groups excluding carboxylic acids is 2. The van der Waals surface area contributed by atoms with Crippen molar-refractivity contribution in [3.05, 3.63) is 0 Å². The van der Waals surface area contributed by atoms with Gasteiger partial charge in [0.1, 0.15) is 0 Å². The van der Waals surface area contributed by atoms with Crippen LogP contribution in [0.25, 0.3) is 0 Å². The molecule has 14 heavy (non-hydrogen) atoms. The van der Waals surface area contributed by atoms with E-state index in [1.165, 1.54) is 21.3 Å². The van der Waals surface area contributed by atoms with Crippen LogP contribution in [0.15, 0.2) is 0 Å². The van der Waals surface area contributed by atoms with Crippen molar-refractivity contribution < 1.29 is 19.1 Å². The SMILES string of the molecule is COC(OC)[C@@]1(C)NC(=O)N(C)C1=O. The number of hydrogen-bond acceptors (Lipinski definition) is 4. The Kier molecular flexibility index (Phi) is 2.77. The Balaban J connectivity index is 2.95. The minimum Gasteiger partial charge on any atom is -0.353 e. The van der Waals surface area contributed by atoms with E-state index in [1.807, 2.05) is 0 Å². The van der Waals surface area contributed by atoms with Crippen LogP contribution >= 0.6 is 0 Å². The third-order valence-electron chi connectivity index (χ3n) is 2.32. The van der Waals surface area contributed by atoms with Crippen LogP contribution in [0, 0.1) is 0 Å². The van der Waals surface area contributed by atoms with Crippen LogP contribution in [0.5, 0.6) is 0 Å². The number of ether oxygens (including phenoxy) is 2. The highest BCUT2D eigenvalue weighted by Gasteiger charge is 2.52. The van der Waals surface area contributed by atoms with Gasteiger partial charge in [-0.1, -0.05) is 0 Å². The van der Waals surface area contributed by atoms with Gasteiger partial charge in [0.25, 0.3) is 5.91 Å². The van der Waals surface area contributed by atoms with Crippen LogP contribution in [0.4, 0.5) is 4.79 Å². The smallest absolute Gasteiger partial charge is 0.324 e. The quantitative estimate of drug-likeness (QED) is 0.497. The van der Waals surface area contributed by atoms with Gasteiger partial charge in [-0.2, -0.15) is 0 Å². The van der Waals surface area contributed by atoms with Crippen molar-refractivity contribution in [1.82, 2.24) is 10.2 Å². The predicted octanol–water partition coefficient (Wildman–Crippen LogP) is -0.454. The van der Waals surface area contributed by atoms with Crippen molar-refractivity contribution in [2.24, 2.45) is 0 Å². The van der Waals surface area contributed by atoms with E-state index in [4.69, 9.17) is 9.47 Å². The zero-order chi connectivity index (χ0) is 10.9. The van der Waals surface area contributed by atoms with Crippen LogP contribution in [-0.4, -0.2) is 49.9 Å². The Hall–Kier alpha value is -1.14. The third kappa shape index (κ3) is 1.36. The standard InChI is InChI=1S/C8H14N2O4/c1-8(6(13-3)14-4)5(11)10(2)7(12)9-8/h6H,1-4H3,(H,9,12)/t8-/m0/s1. The highest BCUT2D eigenvalue weighted by molar-refractivity contribution is 6.06. The molecule has 0 aromatic rings. The predicted molar refractivity (Wildman–Crippen MR) is 47.5 cm³/mol. The van der Waals surface area contributed by atoms with Gasteiger partial charge < -0.3 is 14.8 Å². The number of methoxy groups -OCH3 is 2. The number of imide groups is 1. The van der Waals surface area contributed by atoms with Gasteiger partial charge >= 0.3 is 6.03 Å². The first kappa shape index (κ1) is 10.9. The summed E-state index contributed by atoms with van der Waals surface area (Å²) in [5.74, 6) is -0.365. The number of urea groups is 1. The van der Waals surface area contributed by atoms with Gasteiger partial charge in [-0.15, -0.1) is 0 Å². The molecule has 0 aliphatic carbocycles. The van der Waals surface area contributed by atoms with Gasteiger partial charge in [0.15, 0.2) is 11.8 Å². The molecular weight excluding hydrogens is 188 g/mol. The second kappa shape index (κ2) is 3.55. The lowest BCUT2D eigenvalue weighted by Crippen LogP contribution is -2.55. The van der Waals surface area contributed by atoms with E-state index < -0.39 is 17.9 Å². The van der Waals surface area contributed by atoms with E-state index in [2.05, 4.69) is 5.32 Å². The summed E-state index contributed by atoms with van der Waals surface area (Å²) in [6, 6.07) is -0.448. The lowest BCUT2D eigenvalue weighted by Gasteiger charge is -2.28. The molecule has 1 atom stereocenters. The largest absolute Gasteiger partial charge is 0.353 e. The molecule has 1 N–H and O–H groups in total. The van der Waals surface area contributed by atoms with E-state index in [0.717, 1.165) is 4.90 Å². The average Bonchev–Trinajstić information content (AvgIpc) is 2.33. The van der Waals surface area contributed by atoms with Crippen molar-refractivity contribution in [2.75, 3.05) is 21.3 Å². The minimum absolute atomic E-state index is 0.365. The highest BCUT2D eigenvalue weighted by Crippen LogP contribution is 2.22. The maximum Gasteiger partial charge on any atom is 0.324 e. The van der Waals surface area contributed by atoms with Gasteiger partial charge in [0.05, 0.1) is 0 Å². The van der Waals surface area contributed by atoms with E-state index >= 15 is 0 Å². The first-order chi connectivity index (χ1) is 6.47. The summed E-state index contributed by atoms with van der Waals surface area (Å²) in [4.78, 5) is 23.9. The maximum absolute atomic E-state index is 11.7. The molecule has 0 aromatic heterocycles. The molecule has 1 saturated heterocycles. The maximum atomic E-state index is 11.7. The van der Waals surface area contributed by atoms with E-state index in [0.29, 0.717) is 0 Å². The molecule has 6 heteroatoms. The van der Waals surface area contributed by atoms with Crippen LogP contribution in [0.2, 0.25) is 0 Å². The molecule has 6 nitrogen and oxygen atoms in total. The van der Waals surface area contributed by atoms with E-state index in [1.54, 1.807) is 6.92 Å². The molecular formula is C8H14N2O4. The lowest BCUT2D eigenvalue weighted by molar-refractivity contribution is -0.164. The Morgan fingerprint density at radius 2 is 1.86 bits per heavy atom. The normalized spacial score (nSPS) is 27.4. The Bertz CT molecular complexity index is 264. The first-order valence-corrected chi connectivity index (χ1v) is 4.13. The number of hydrogen-bond donors (Lipinski definition) is 1. The van der Waals surface area contributed by atoms with Crippen LogP contribution in [0.3, 0.4) is 0 Å². The van der Waals surface area contributed by atoms with Crippen molar-refractivity contribution >= 4 is 11.9 Å². The van der Waals surface area contributed by atoms with Gasteiger partial charge in [-0.05, 0) is 6.92 Å². The lowest BCUT2D eigenvalue weighted by atomic mass is 10.0. The van der Waals surface area contributed by atoms with Gasteiger partial charge in [-0.3, -0.25) is 9.69 Å². The number of rotatable bonds is 3. The summed E-state index contributed by atoms with van der Waals surface area (Å²) in [5.41, 5.74) is -1.14. The summed E-state index contributed by atoms with van der Waals surface area (Å²) in [6.45, 7) is 1.56. The molecule has 1 heterocycles. The second-order valence-electron chi connectivity index (χ2n) is 3.30. The van der Waals surface area contributed by atoms with Crippen LogP contribution in [0.1, 0.15) is 6.92 Å². The molecule has 0 aromatic carbocycles. The summed E-state index contributed by atoms with van der Waals surface area (Å²) < 4.78 is 9.94. The fraction of sp³-hybridized carbons (Fsp3) is 0.750. The Morgan fingerprint density at radius 3 is 2.14 bits per heavy atom. The third-order valence-corrected chi connectivity index (χ3v) is 2.32. The molecule has 80 valence electrons. The van der Waals surface area contributed by atoms with Gasteiger partial charge in [0, 0.05) is 21.3 Å². The molecule has 0 radical (unpaired) electrons. The molecule has 0 saturated carbocycles. The molecule has 0 spiro atoms. The summed E-state index contributed by atoms with van der Waals surface area (Å²) >= 11 is 0. The van der Waals surface area contributed by atoms with Crippen molar-refractivity contribution in [3.8, 4) is 0 Å². The summed E-state index contributed by atoms with van der Waals surface area (Å²) in [5, 5.41) is 2.52. The first-order valence-electron chi connectivity index (χ1n) is 4.13. The van der Waals surface area contributed by atoms with Crippen LogP contribution in [-0.2, 0) is 14.3 Å². The molecule has 1 aliphatic heterocycles. The van der Waals surface area contributed by atoms with Crippen molar-refractivity contribution in [2.45, 2.75) is 18.8 Å². The Labute approximate surface area is 82.1 Å². The molecule has 3 amide bonds. The van der Waals surface area contributed by atoms with Gasteiger partial charge in [0.2, 0.25) is 0 Å². The molecule has 1 aliphatic rings. The molecule has 0 unspecified atom stereocenters. The number of nitrogens with one attached hydrogen (secondary N) is 1. The number of carbonyl (C=O) groups is 2. The number of likely N-dealkylation sites (N-methyl/N-ethyl adjacent to an activating group) is 1. The molecule has 1 fully saturated rings. The molecule has 1 rings (SSSR count). The van der Waals surface area contributed by atoms with Crippen LogP contribution < -0.4 is 5.32 Å². The van der Waals surface area contributed by atoms with Gasteiger partial charge in [-0.25, -0.2) is 4.79 Å². The zero-order valence-electron chi connectivity index (χ0n) is 8.66. The monoisotopic (exact) mass is 202 g/mol. The average molecular weight is 202 g/mol. The van der Waals surface area contributed by atoms with E-state index in [9.17, 15) is 9.59 Å². The molecule has 0 bridgehead atoms. The topological polar surface area (TPSA) is 67.9 Å². The second-order valence-corrected chi connectivity index (χ2v) is 3.30. The Morgan fingerprint density at radius 1 is 1.36 bits per heavy atom. The van der Waals surface area contributed by atoms with E-state index in [-0.39, 0.29) is 5.91 Å². The van der Waals surface area contributed by atoms with Crippen molar-refractivity contribution in [1.29, 1.82) is 0 Å². The summed E-state index contributed by atoms with van der Waals surface area (Å²) in [6.07, 6.45) is -0.788. The highest BCUT2D eigenvalue weighted by atomic mass is 16.7. The van der Waals surface area contributed by atoms with Crippen molar-refractivity contribution in [3.63, 3.8) is 0 Å². The fourth-order valence-corrected chi connectivity index (χ4v) is 1.53. The number of nitrogens with zero attached hydrogens (tertiary/aromatic N) is 1. The zero-order valence-corrected chi connectivity index (χ0v) is 8.66.